The van der Waals surface area contributed by atoms with Gasteiger partial charge in [-0.25, -0.2) is 0 Å². The van der Waals surface area contributed by atoms with Crippen LogP contribution in [0.3, 0.4) is 0 Å². The molecule has 152 valence electrons. The molecule has 9 heteroatoms. The van der Waals surface area contributed by atoms with Crippen molar-refractivity contribution in [1.82, 2.24) is 14.8 Å². The molecule has 7 nitrogen and oxygen atoms in total. The molecule has 29 heavy (non-hydrogen) atoms. The number of anilines is 1. The molecule has 1 aromatic carbocycles. The monoisotopic (exact) mass is 430 g/mol. The molecule has 0 aliphatic carbocycles. The number of thiophene rings is 1. The van der Waals surface area contributed by atoms with Crippen LogP contribution in [0.15, 0.2) is 47.5 Å². The Kier molecular flexibility index (Phi) is 6.95. The van der Waals surface area contributed by atoms with Gasteiger partial charge in [-0.15, -0.1) is 28.1 Å². The quantitative estimate of drug-likeness (QED) is 0.404. The number of aromatic nitrogens is 3. The van der Waals surface area contributed by atoms with E-state index in [1.54, 1.807) is 49.8 Å². The number of carbonyl (C=O) groups is 1. The van der Waals surface area contributed by atoms with Gasteiger partial charge in [0, 0.05) is 28.4 Å². The van der Waals surface area contributed by atoms with Crippen LogP contribution in [0.2, 0.25) is 0 Å². The van der Waals surface area contributed by atoms with Crippen LogP contribution in [0, 0.1) is 6.92 Å². The molecule has 0 fully saturated rings. The highest BCUT2D eigenvalue weighted by molar-refractivity contribution is 7.99. The maximum Gasteiger partial charge on any atom is 0.234 e. The van der Waals surface area contributed by atoms with Crippen molar-refractivity contribution < 1.29 is 14.3 Å². The predicted molar refractivity (Wildman–Crippen MR) is 117 cm³/mol. The largest absolute Gasteiger partial charge is 0.497 e. The van der Waals surface area contributed by atoms with Crippen LogP contribution >= 0.6 is 23.1 Å². The Hall–Kier alpha value is -2.78. The van der Waals surface area contributed by atoms with E-state index >= 15 is 0 Å². The van der Waals surface area contributed by atoms with Crippen LogP contribution in [0.1, 0.15) is 4.88 Å². The number of hydrogen-bond donors (Lipinski definition) is 1. The minimum atomic E-state index is -0.167. The van der Waals surface area contributed by atoms with Crippen LogP contribution in [-0.2, 0) is 11.3 Å². The molecular formula is C20H22N4O3S2. The molecule has 3 rings (SSSR count). The van der Waals surface area contributed by atoms with Crippen molar-refractivity contribution in [3.8, 4) is 22.9 Å². The summed E-state index contributed by atoms with van der Waals surface area (Å²) in [6, 6.07) is 7.31. The summed E-state index contributed by atoms with van der Waals surface area (Å²) in [5.41, 5.74) is 1.60. The lowest BCUT2D eigenvalue weighted by atomic mass is 10.2. The molecule has 1 amide bonds. The molecule has 0 bridgehead atoms. The standard InChI is InChI=1S/C20H22N4O3S2/c1-5-8-24-19(14-9-13(2)28-11-14)22-23-20(24)29-12-18(25)21-16-7-6-15(26-3)10-17(16)27-4/h5-7,9-11H,1,8,12H2,2-4H3,(H,21,25). The van der Waals surface area contributed by atoms with Gasteiger partial charge in [-0.3, -0.25) is 9.36 Å². The second-order valence-electron chi connectivity index (χ2n) is 6.05. The lowest BCUT2D eigenvalue weighted by Crippen LogP contribution is -2.15. The third-order valence-corrected chi connectivity index (χ3v) is 5.86. The molecule has 0 aliphatic rings. The van der Waals surface area contributed by atoms with E-state index in [0.29, 0.717) is 28.9 Å². The smallest absolute Gasteiger partial charge is 0.234 e. The van der Waals surface area contributed by atoms with E-state index < -0.39 is 0 Å². The Morgan fingerprint density at radius 1 is 1.31 bits per heavy atom. The Morgan fingerprint density at radius 3 is 2.79 bits per heavy atom. The minimum absolute atomic E-state index is 0.167. The summed E-state index contributed by atoms with van der Waals surface area (Å²) in [6.07, 6.45) is 1.79. The Bertz CT molecular complexity index is 1010. The third kappa shape index (κ3) is 4.99. The van der Waals surface area contributed by atoms with Crippen LogP contribution < -0.4 is 14.8 Å². The van der Waals surface area contributed by atoms with Gasteiger partial charge in [0.25, 0.3) is 0 Å². The molecule has 2 aromatic heterocycles. The number of carbonyl (C=O) groups excluding carboxylic acids is 1. The van der Waals surface area contributed by atoms with Gasteiger partial charge >= 0.3 is 0 Å². The SMILES string of the molecule is C=CCn1c(SCC(=O)Nc2ccc(OC)cc2OC)nnc1-c1csc(C)c1. The fraction of sp³-hybridized carbons (Fsp3) is 0.250. The van der Waals surface area contributed by atoms with Gasteiger partial charge in [-0.1, -0.05) is 17.8 Å². The number of hydrogen-bond acceptors (Lipinski definition) is 7. The van der Waals surface area contributed by atoms with Crippen molar-refractivity contribution >= 4 is 34.7 Å². The van der Waals surface area contributed by atoms with E-state index in [9.17, 15) is 4.79 Å². The molecule has 0 aliphatic heterocycles. The van der Waals surface area contributed by atoms with Gasteiger partial charge < -0.3 is 14.8 Å². The first-order valence-corrected chi connectivity index (χ1v) is 10.7. The van der Waals surface area contributed by atoms with Crippen LogP contribution in [-0.4, -0.2) is 40.6 Å². The lowest BCUT2D eigenvalue weighted by molar-refractivity contribution is -0.113. The summed E-state index contributed by atoms with van der Waals surface area (Å²) in [6.45, 7) is 6.43. The zero-order valence-corrected chi connectivity index (χ0v) is 18.1. The molecule has 1 N–H and O–H groups in total. The second kappa shape index (κ2) is 9.62. The Morgan fingerprint density at radius 2 is 2.14 bits per heavy atom. The number of ether oxygens (including phenoxy) is 2. The van der Waals surface area contributed by atoms with Gasteiger partial charge in [0.1, 0.15) is 11.5 Å². The van der Waals surface area contributed by atoms with Gasteiger partial charge in [-0.2, -0.15) is 0 Å². The molecule has 3 aromatic rings. The number of nitrogens with one attached hydrogen (secondary N) is 1. The second-order valence-corrected chi connectivity index (χ2v) is 8.11. The van der Waals surface area contributed by atoms with Crippen LogP contribution in [0.25, 0.3) is 11.4 Å². The van der Waals surface area contributed by atoms with E-state index in [2.05, 4.69) is 40.5 Å². The first kappa shape index (κ1) is 20.9. The molecule has 0 saturated carbocycles. The summed E-state index contributed by atoms with van der Waals surface area (Å²) in [5, 5.41) is 14.2. The van der Waals surface area contributed by atoms with E-state index in [4.69, 9.17) is 9.47 Å². The number of methoxy groups -OCH3 is 2. The minimum Gasteiger partial charge on any atom is -0.497 e. The Balaban J connectivity index is 1.70. The number of thioether (sulfide) groups is 1. The number of amides is 1. The maximum atomic E-state index is 12.5. The average Bonchev–Trinajstić information content (AvgIpc) is 3.33. The number of aryl methyl sites for hydroxylation is 1. The maximum absolute atomic E-state index is 12.5. The highest BCUT2D eigenvalue weighted by Crippen LogP contribution is 2.30. The van der Waals surface area contributed by atoms with Gasteiger partial charge in [0.15, 0.2) is 11.0 Å². The van der Waals surface area contributed by atoms with E-state index in [1.807, 2.05) is 4.57 Å². The molecule has 0 saturated heterocycles. The summed E-state index contributed by atoms with van der Waals surface area (Å²) < 4.78 is 12.5. The van der Waals surface area contributed by atoms with Gasteiger partial charge in [0.2, 0.25) is 5.91 Å². The predicted octanol–water partition coefficient (Wildman–Crippen LogP) is 4.25. The molecule has 0 atom stereocenters. The number of allylic oxidation sites excluding steroid dienone is 1. The zero-order valence-electron chi connectivity index (χ0n) is 16.5. The van der Waals surface area contributed by atoms with Crippen molar-refractivity contribution in [3.63, 3.8) is 0 Å². The summed E-state index contributed by atoms with van der Waals surface area (Å²) in [7, 11) is 3.12. The van der Waals surface area contributed by atoms with Crippen molar-refractivity contribution in [2.24, 2.45) is 0 Å². The number of nitrogens with zero attached hydrogens (tertiary/aromatic N) is 3. The van der Waals surface area contributed by atoms with Crippen molar-refractivity contribution in [1.29, 1.82) is 0 Å². The van der Waals surface area contributed by atoms with Crippen molar-refractivity contribution in [2.45, 2.75) is 18.6 Å². The lowest BCUT2D eigenvalue weighted by Gasteiger charge is -2.11. The molecule has 0 spiro atoms. The van der Waals surface area contributed by atoms with Crippen LogP contribution in [0.4, 0.5) is 5.69 Å². The molecule has 2 heterocycles. The van der Waals surface area contributed by atoms with E-state index in [-0.39, 0.29) is 11.7 Å². The molecule has 0 unspecified atom stereocenters. The normalized spacial score (nSPS) is 10.6. The highest BCUT2D eigenvalue weighted by atomic mass is 32.2. The third-order valence-electron chi connectivity index (χ3n) is 4.03. The van der Waals surface area contributed by atoms with Gasteiger partial charge in [0.05, 0.1) is 25.7 Å². The fourth-order valence-electron chi connectivity index (χ4n) is 2.68. The van der Waals surface area contributed by atoms with Crippen molar-refractivity contribution in [3.05, 3.63) is 47.2 Å². The summed E-state index contributed by atoms with van der Waals surface area (Å²) in [5.74, 6) is 1.98. The van der Waals surface area contributed by atoms with Crippen molar-refractivity contribution in [2.75, 3.05) is 25.3 Å². The Labute approximate surface area is 177 Å². The number of rotatable bonds is 9. The molecule has 0 radical (unpaired) electrons. The number of benzene rings is 1. The zero-order chi connectivity index (χ0) is 20.8. The first-order valence-electron chi connectivity index (χ1n) is 8.80. The topological polar surface area (TPSA) is 78.3 Å². The summed E-state index contributed by atoms with van der Waals surface area (Å²) in [4.78, 5) is 13.7. The highest BCUT2D eigenvalue weighted by Gasteiger charge is 2.16. The van der Waals surface area contributed by atoms with E-state index in [1.165, 1.54) is 16.6 Å². The molecular weight excluding hydrogens is 408 g/mol. The van der Waals surface area contributed by atoms with Crippen LogP contribution in [0.5, 0.6) is 11.5 Å². The summed E-state index contributed by atoms with van der Waals surface area (Å²) >= 11 is 2.99. The van der Waals surface area contributed by atoms with E-state index in [0.717, 1.165) is 11.4 Å². The first-order chi connectivity index (χ1) is 14.0. The average molecular weight is 431 g/mol. The van der Waals surface area contributed by atoms with Gasteiger partial charge in [-0.05, 0) is 25.1 Å². The fourth-order valence-corrected chi connectivity index (χ4v) is 4.11.